The zero-order valence-electron chi connectivity index (χ0n) is 16.3. The number of hydrogen-bond acceptors (Lipinski definition) is 8. The highest BCUT2D eigenvalue weighted by molar-refractivity contribution is 7.15. The molecule has 31 heavy (non-hydrogen) atoms. The summed E-state index contributed by atoms with van der Waals surface area (Å²) >= 11 is 1.05. The molecule has 0 aliphatic heterocycles. The molecule has 0 fully saturated rings. The number of nitro benzene ring substituents is 2. The van der Waals surface area contributed by atoms with Crippen LogP contribution in [0.25, 0.3) is 11.1 Å². The minimum atomic E-state index is -0.885. The number of ether oxygens (including phenoxy) is 1. The van der Waals surface area contributed by atoms with E-state index in [1.165, 1.54) is 7.11 Å². The molecule has 3 aromatic rings. The molecular weight excluding hydrogens is 426 g/mol. The summed E-state index contributed by atoms with van der Waals surface area (Å²) in [6.45, 7) is 1.92. The zero-order valence-corrected chi connectivity index (χ0v) is 17.1. The molecule has 0 spiro atoms. The van der Waals surface area contributed by atoms with Gasteiger partial charge >= 0.3 is 5.97 Å². The van der Waals surface area contributed by atoms with Gasteiger partial charge in [0.25, 0.3) is 17.3 Å². The maximum Gasteiger partial charge on any atom is 0.341 e. The van der Waals surface area contributed by atoms with E-state index in [1.54, 1.807) is 5.38 Å². The monoisotopic (exact) mass is 441 g/mol. The Morgan fingerprint density at radius 3 is 2.29 bits per heavy atom. The van der Waals surface area contributed by atoms with Gasteiger partial charge in [-0.3, -0.25) is 25.0 Å². The number of methoxy groups -OCH3 is 1. The lowest BCUT2D eigenvalue weighted by molar-refractivity contribution is -0.394. The van der Waals surface area contributed by atoms with Crippen molar-refractivity contribution in [1.82, 2.24) is 0 Å². The molecule has 0 bridgehead atoms. The van der Waals surface area contributed by atoms with E-state index in [0.29, 0.717) is 11.6 Å². The third-order valence-electron chi connectivity index (χ3n) is 4.40. The number of carbonyl (C=O) groups excluding carboxylic acids is 2. The Bertz CT molecular complexity index is 1200. The predicted octanol–water partition coefficient (Wildman–Crippen LogP) is 4.58. The van der Waals surface area contributed by atoms with Gasteiger partial charge in [-0.05, 0) is 18.6 Å². The Labute approximate surface area is 179 Å². The van der Waals surface area contributed by atoms with Crippen LogP contribution in [0.4, 0.5) is 16.4 Å². The van der Waals surface area contributed by atoms with Crippen molar-refractivity contribution in [2.75, 3.05) is 12.4 Å². The largest absolute Gasteiger partial charge is 0.465 e. The lowest BCUT2D eigenvalue weighted by Gasteiger charge is -2.08. The van der Waals surface area contributed by atoms with E-state index in [0.717, 1.165) is 34.6 Å². The quantitative estimate of drug-likeness (QED) is 0.335. The number of aryl methyl sites for hydroxylation is 1. The Balaban J connectivity index is 2.02. The number of amides is 1. The van der Waals surface area contributed by atoms with Crippen molar-refractivity contribution in [3.63, 3.8) is 0 Å². The SMILES string of the molecule is COC(=O)c1c(-c2ccc(C)cc2)csc1NC(=O)c1ccc([N+](=O)[O-])cc1[N+](=O)[O-]. The van der Waals surface area contributed by atoms with Crippen molar-refractivity contribution in [2.24, 2.45) is 0 Å². The van der Waals surface area contributed by atoms with E-state index in [9.17, 15) is 29.8 Å². The highest BCUT2D eigenvalue weighted by atomic mass is 32.1. The molecule has 3 rings (SSSR count). The molecule has 2 aromatic carbocycles. The third-order valence-corrected chi connectivity index (χ3v) is 5.30. The Morgan fingerprint density at radius 2 is 1.71 bits per heavy atom. The number of esters is 1. The molecule has 0 saturated carbocycles. The summed E-state index contributed by atoms with van der Waals surface area (Å²) in [5, 5.41) is 26.5. The third kappa shape index (κ3) is 4.41. The number of nitro groups is 2. The van der Waals surface area contributed by atoms with Gasteiger partial charge in [0.15, 0.2) is 0 Å². The van der Waals surface area contributed by atoms with Gasteiger partial charge in [0.05, 0.1) is 23.0 Å². The van der Waals surface area contributed by atoms with Crippen molar-refractivity contribution in [3.05, 3.63) is 84.8 Å². The molecule has 158 valence electrons. The Hall–Kier alpha value is -4.12. The van der Waals surface area contributed by atoms with Gasteiger partial charge in [-0.2, -0.15) is 0 Å². The van der Waals surface area contributed by atoms with E-state index < -0.39 is 33.1 Å². The van der Waals surface area contributed by atoms with Crippen LogP contribution in [-0.2, 0) is 4.74 Å². The topological polar surface area (TPSA) is 142 Å². The lowest BCUT2D eigenvalue weighted by Crippen LogP contribution is -2.16. The van der Waals surface area contributed by atoms with Crippen LogP contribution in [-0.4, -0.2) is 28.8 Å². The fourth-order valence-electron chi connectivity index (χ4n) is 2.85. The maximum atomic E-state index is 12.7. The molecule has 11 heteroatoms. The minimum absolute atomic E-state index is 0.106. The average molecular weight is 441 g/mol. The molecule has 0 aliphatic carbocycles. The number of non-ortho nitro benzene ring substituents is 1. The molecule has 0 radical (unpaired) electrons. The second-order valence-corrected chi connectivity index (χ2v) is 7.26. The summed E-state index contributed by atoms with van der Waals surface area (Å²) in [6.07, 6.45) is 0. The predicted molar refractivity (Wildman–Crippen MR) is 114 cm³/mol. The van der Waals surface area contributed by atoms with E-state index in [1.807, 2.05) is 31.2 Å². The number of carbonyl (C=O) groups is 2. The number of anilines is 1. The first-order chi connectivity index (χ1) is 14.7. The number of hydrogen-bond donors (Lipinski definition) is 1. The number of nitrogens with one attached hydrogen (secondary N) is 1. The number of benzene rings is 2. The summed E-state index contributed by atoms with van der Waals surface area (Å²) in [4.78, 5) is 45.7. The molecule has 1 heterocycles. The van der Waals surface area contributed by atoms with Gasteiger partial charge in [-0.15, -0.1) is 11.3 Å². The summed E-state index contributed by atoms with van der Waals surface area (Å²) in [5.41, 5.74) is 0.774. The van der Waals surface area contributed by atoms with Crippen LogP contribution < -0.4 is 5.32 Å². The smallest absolute Gasteiger partial charge is 0.341 e. The van der Waals surface area contributed by atoms with Crippen molar-refractivity contribution in [1.29, 1.82) is 0 Å². The number of rotatable bonds is 6. The molecular formula is C20H15N3O7S. The van der Waals surface area contributed by atoms with Gasteiger partial charge in [-0.1, -0.05) is 29.8 Å². The van der Waals surface area contributed by atoms with Crippen LogP contribution in [0.5, 0.6) is 0 Å². The van der Waals surface area contributed by atoms with Crippen LogP contribution in [0, 0.1) is 27.2 Å². The molecule has 0 aliphatic rings. The minimum Gasteiger partial charge on any atom is -0.465 e. The van der Waals surface area contributed by atoms with Crippen molar-refractivity contribution in [3.8, 4) is 11.1 Å². The first-order valence-corrected chi connectivity index (χ1v) is 9.62. The van der Waals surface area contributed by atoms with Gasteiger partial charge in [0, 0.05) is 17.0 Å². The lowest BCUT2D eigenvalue weighted by atomic mass is 10.0. The molecule has 1 amide bonds. The van der Waals surface area contributed by atoms with Crippen LogP contribution in [0.3, 0.4) is 0 Å². The second-order valence-electron chi connectivity index (χ2n) is 6.38. The van der Waals surface area contributed by atoms with Crippen molar-refractivity contribution < 1.29 is 24.2 Å². The number of thiophene rings is 1. The fraction of sp³-hybridized carbons (Fsp3) is 0.100. The van der Waals surface area contributed by atoms with Crippen LogP contribution in [0.2, 0.25) is 0 Å². The molecule has 0 atom stereocenters. The molecule has 0 unspecified atom stereocenters. The summed E-state index contributed by atoms with van der Waals surface area (Å²) in [5.74, 6) is -1.57. The summed E-state index contributed by atoms with van der Waals surface area (Å²) < 4.78 is 4.85. The standard InChI is InChI=1S/C20H15N3O7S/c1-11-3-5-12(6-4-11)15-10-31-19(17(15)20(25)30-2)21-18(24)14-8-7-13(22(26)27)9-16(14)23(28)29/h3-10H,1-2H3,(H,21,24). The van der Waals surface area contributed by atoms with Crippen molar-refractivity contribution >= 4 is 39.6 Å². The molecule has 10 nitrogen and oxygen atoms in total. The first kappa shape index (κ1) is 21.6. The van der Waals surface area contributed by atoms with Crippen LogP contribution in [0.1, 0.15) is 26.3 Å². The van der Waals surface area contributed by atoms with E-state index in [2.05, 4.69) is 5.32 Å². The molecule has 1 aromatic heterocycles. The zero-order chi connectivity index (χ0) is 22.7. The molecule has 1 N–H and O–H groups in total. The summed E-state index contributed by atoms with van der Waals surface area (Å²) in [7, 11) is 1.20. The number of nitrogens with zero attached hydrogens (tertiary/aromatic N) is 2. The Kier molecular flexibility index (Phi) is 6.07. The van der Waals surface area contributed by atoms with Gasteiger partial charge in [-0.25, -0.2) is 4.79 Å². The van der Waals surface area contributed by atoms with E-state index >= 15 is 0 Å². The van der Waals surface area contributed by atoms with E-state index in [-0.39, 0.29) is 16.1 Å². The van der Waals surface area contributed by atoms with Crippen LogP contribution >= 0.6 is 11.3 Å². The highest BCUT2D eigenvalue weighted by Gasteiger charge is 2.27. The Morgan fingerprint density at radius 1 is 1.03 bits per heavy atom. The van der Waals surface area contributed by atoms with Crippen LogP contribution in [0.15, 0.2) is 47.8 Å². The maximum absolute atomic E-state index is 12.7. The average Bonchev–Trinajstić information content (AvgIpc) is 3.16. The van der Waals surface area contributed by atoms with Gasteiger partial charge in [0.2, 0.25) is 0 Å². The van der Waals surface area contributed by atoms with Gasteiger partial charge in [0.1, 0.15) is 16.1 Å². The first-order valence-electron chi connectivity index (χ1n) is 8.74. The van der Waals surface area contributed by atoms with Gasteiger partial charge < -0.3 is 10.1 Å². The highest BCUT2D eigenvalue weighted by Crippen LogP contribution is 2.37. The molecule has 0 saturated heterocycles. The fourth-order valence-corrected chi connectivity index (χ4v) is 3.80. The van der Waals surface area contributed by atoms with Crippen molar-refractivity contribution in [2.45, 2.75) is 6.92 Å². The summed E-state index contributed by atoms with van der Waals surface area (Å²) in [6, 6.07) is 10.1. The normalized spacial score (nSPS) is 10.4. The van der Waals surface area contributed by atoms with E-state index in [4.69, 9.17) is 4.74 Å². The second kappa shape index (κ2) is 8.71.